The molecule has 0 fully saturated rings. The molecule has 0 spiro atoms. The van der Waals surface area contributed by atoms with Gasteiger partial charge in [-0.05, 0) is 24.5 Å². The molecule has 3 heteroatoms. The van der Waals surface area contributed by atoms with E-state index in [1.807, 2.05) is 23.0 Å². The van der Waals surface area contributed by atoms with Crippen LogP contribution in [0.3, 0.4) is 0 Å². The van der Waals surface area contributed by atoms with E-state index in [2.05, 4.69) is 48.2 Å². The van der Waals surface area contributed by atoms with Crippen LogP contribution < -0.4 is 5.32 Å². The summed E-state index contributed by atoms with van der Waals surface area (Å²) in [6.07, 6.45) is 4.82. The SMILES string of the molecule is C=CCc1ccccc1CNc1ccn(CC)n1. The first-order valence-corrected chi connectivity index (χ1v) is 6.28. The van der Waals surface area contributed by atoms with E-state index < -0.39 is 0 Å². The average molecular weight is 241 g/mol. The first-order chi connectivity index (χ1) is 8.83. The fourth-order valence-corrected chi connectivity index (χ4v) is 1.90. The molecule has 0 aliphatic rings. The lowest BCUT2D eigenvalue weighted by molar-refractivity contribution is 0.661. The van der Waals surface area contributed by atoms with Crippen molar-refractivity contribution in [1.29, 1.82) is 0 Å². The minimum atomic E-state index is 0.796. The zero-order valence-corrected chi connectivity index (χ0v) is 10.8. The topological polar surface area (TPSA) is 29.9 Å². The van der Waals surface area contributed by atoms with Crippen LogP contribution in [-0.2, 0) is 19.5 Å². The fraction of sp³-hybridized carbons (Fsp3) is 0.267. The molecule has 0 aliphatic heterocycles. The van der Waals surface area contributed by atoms with Crippen molar-refractivity contribution in [3.63, 3.8) is 0 Å². The fourth-order valence-electron chi connectivity index (χ4n) is 1.90. The largest absolute Gasteiger partial charge is 0.365 e. The van der Waals surface area contributed by atoms with Gasteiger partial charge in [0.05, 0.1) is 0 Å². The van der Waals surface area contributed by atoms with Crippen molar-refractivity contribution in [3.8, 4) is 0 Å². The molecule has 1 heterocycles. The van der Waals surface area contributed by atoms with E-state index >= 15 is 0 Å². The van der Waals surface area contributed by atoms with E-state index in [1.54, 1.807) is 0 Å². The Labute approximate surface area is 108 Å². The summed E-state index contributed by atoms with van der Waals surface area (Å²) < 4.78 is 1.91. The predicted octanol–water partition coefficient (Wildman–Crippen LogP) is 3.24. The Morgan fingerprint density at radius 3 is 2.72 bits per heavy atom. The molecule has 2 rings (SSSR count). The number of nitrogens with one attached hydrogen (secondary N) is 1. The summed E-state index contributed by atoms with van der Waals surface area (Å²) in [6.45, 7) is 7.57. The molecule has 94 valence electrons. The van der Waals surface area contributed by atoms with Gasteiger partial charge in [-0.25, -0.2) is 0 Å². The number of hydrogen-bond donors (Lipinski definition) is 1. The maximum Gasteiger partial charge on any atom is 0.148 e. The monoisotopic (exact) mass is 241 g/mol. The van der Waals surface area contributed by atoms with Crippen LogP contribution >= 0.6 is 0 Å². The molecule has 1 aromatic heterocycles. The molecule has 0 atom stereocenters. The van der Waals surface area contributed by atoms with Gasteiger partial charge in [0.15, 0.2) is 0 Å². The highest BCUT2D eigenvalue weighted by Gasteiger charge is 2.01. The van der Waals surface area contributed by atoms with Gasteiger partial charge in [0, 0.05) is 25.4 Å². The van der Waals surface area contributed by atoms with Crippen molar-refractivity contribution in [3.05, 3.63) is 60.3 Å². The van der Waals surface area contributed by atoms with E-state index in [0.717, 1.165) is 25.3 Å². The average Bonchev–Trinajstić information content (AvgIpc) is 2.86. The third kappa shape index (κ3) is 3.00. The van der Waals surface area contributed by atoms with E-state index in [9.17, 15) is 0 Å². The molecule has 0 saturated heterocycles. The first-order valence-electron chi connectivity index (χ1n) is 6.28. The molecular weight excluding hydrogens is 222 g/mol. The molecule has 0 amide bonds. The second-order valence-electron chi connectivity index (χ2n) is 4.17. The number of nitrogens with zero attached hydrogens (tertiary/aromatic N) is 2. The van der Waals surface area contributed by atoms with Gasteiger partial charge < -0.3 is 5.32 Å². The predicted molar refractivity (Wildman–Crippen MR) is 75.6 cm³/mol. The third-order valence-electron chi connectivity index (χ3n) is 2.91. The Kier molecular flexibility index (Phi) is 4.18. The Hall–Kier alpha value is -2.03. The van der Waals surface area contributed by atoms with Crippen molar-refractivity contribution in [2.24, 2.45) is 0 Å². The number of benzene rings is 1. The molecule has 3 nitrogen and oxygen atoms in total. The Morgan fingerprint density at radius 1 is 1.28 bits per heavy atom. The zero-order chi connectivity index (χ0) is 12.8. The molecule has 2 aromatic rings. The smallest absolute Gasteiger partial charge is 0.148 e. The van der Waals surface area contributed by atoms with E-state index in [0.29, 0.717) is 0 Å². The van der Waals surface area contributed by atoms with Crippen LogP contribution in [0.4, 0.5) is 5.82 Å². The van der Waals surface area contributed by atoms with Gasteiger partial charge in [0.25, 0.3) is 0 Å². The molecule has 0 bridgehead atoms. The van der Waals surface area contributed by atoms with Crippen LogP contribution in [0, 0.1) is 0 Å². The van der Waals surface area contributed by atoms with Crippen LogP contribution in [0.15, 0.2) is 49.2 Å². The number of allylic oxidation sites excluding steroid dienone is 1. The highest BCUT2D eigenvalue weighted by molar-refractivity contribution is 5.36. The zero-order valence-electron chi connectivity index (χ0n) is 10.8. The molecule has 0 aliphatic carbocycles. The number of aryl methyl sites for hydroxylation is 1. The lowest BCUT2D eigenvalue weighted by Crippen LogP contribution is -2.04. The van der Waals surface area contributed by atoms with Crippen molar-refractivity contribution in [2.75, 3.05) is 5.32 Å². The normalized spacial score (nSPS) is 10.3. The number of hydrogen-bond acceptors (Lipinski definition) is 2. The van der Waals surface area contributed by atoms with Crippen molar-refractivity contribution < 1.29 is 0 Å². The van der Waals surface area contributed by atoms with Gasteiger partial charge in [0.2, 0.25) is 0 Å². The minimum Gasteiger partial charge on any atom is -0.365 e. The van der Waals surface area contributed by atoms with Crippen LogP contribution in [-0.4, -0.2) is 9.78 Å². The summed E-state index contributed by atoms with van der Waals surface area (Å²) >= 11 is 0. The molecule has 18 heavy (non-hydrogen) atoms. The van der Waals surface area contributed by atoms with Crippen molar-refractivity contribution in [2.45, 2.75) is 26.4 Å². The second-order valence-corrected chi connectivity index (χ2v) is 4.17. The van der Waals surface area contributed by atoms with E-state index in [-0.39, 0.29) is 0 Å². The van der Waals surface area contributed by atoms with Gasteiger partial charge in [-0.3, -0.25) is 4.68 Å². The summed E-state index contributed by atoms with van der Waals surface area (Å²) in [4.78, 5) is 0. The molecule has 0 unspecified atom stereocenters. The van der Waals surface area contributed by atoms with E-state index in [1.165, 1.54) is 11.1 Å². The van der Waals surface area contributed by atoms with Gasteiger partial charge >= 0.3 is 0 Å². The lowest BCUT2D eigenvalue weighted by atomic mass is 10.0. The summed E-state index contributed by atoms with van der Waals surface area (Å²) in [6, 6.07) is 10.4. The third-order valence-corrected chi connectivity index (χ3v) is 2.91. The number of aromatic nitrogens is 2. The number of anilines is 1. The van der Waals surface area contributed by atoms with Crippen LogP contribution in [0.5, 0.6) is 0 Å². The number of rotatable bonds is 6. The Bertz CT molecular complexity index is 514. The second kappa shape index (κ2) is 6.05. The van der Waals surface area contributed by atoms with Crippen LogP contribution in [0.1, 0.15) is 18.1 Å². The van der Waals surface area contributed by atoms with Gasteiger partial charge in [-0.1, -0.05) is 30.3 Å². The quantitative estimate of drug-likeness (QED) is 0.787. The van der Waals surface area contributed by atoms with Crippen LogP contribution in [0.25, 0.3) is 0 Å². The minimum absolute atomic E-state index is 0.796. The molecule has 0 saturated carbocycles. The highest BCUT2D eigenvalue weighted by Crippen LogP contribution is 2.12. The van der Waals surface area contributed by atoms with Gasteiger partial charge in [0.1, 0.15) is 5.82 Å². The maximum absolute atomic E-state index is 4.40. The summed E-state index contributed by atoms with van der Waals surface area (Å²) in [7, 11) is 0. The standard InChI is InChI=1S/C15H19N3/c1-3-7-13-8-5-6-9-14(13)12-16-15-10-11-18(4-2)17-15/h3,5-6,8-11H,1,4,7,12H2,2H3,(H,16,17). The van der Waals surface area contributed by atoms with Crippen molar-refractivity contribution in [1.82, 2.24) is 9.78 Å². The summed E-state index contributed by atoms with van der Waals surface area (Å²) in [5.41, 5.74) is 2.61. The molecule has 1 aromatic carbocycles. The van der Waals surface area contributed by atoms with E-state index in [4.69, 9.17) is 0 Å². The Balaban J connectivity index is 2.03. The first kappa shape index (κ1) is 12.4. The Morgan fingerprint density at radius 2 is 2.06 bits per heavy atom. The van der Waals surface area contributed by atoms with Crippen molar-refractivity contribution >= 4 is 5.82 Å². The molecule has 0 radical (unpaired) electrons. The lowest BCUT2D eigenvalue weighted by Gasteiger charge is -2.08. The maximum atomic E-state index is 4.40. The highest BCUT2D eigenvalue weighted by atomic mass is 15.3. The summed E-state index contributed by atoms with van der Waals surface area (Å²) in [5.74, 6) is 0.922. The van der Waals surface area contributed by atoms with Gasteiger partial charge in [-0.2, -0.15) is 5.10 Å². The van der Waals surface area contributed by atoms with Gasteiger partial charge in [-0.15, -0.1) is 6.58 Å². The van der Waals surface area contributed by atoms with Crippen LogP contribution in [0.2, 0.25) is 0 Å². The molecular formula is C15H19N3. The summed E-state index contributed by atoms with van der Waals surface area (Å²) in [5, 5.41) is 7.75. The molecule has 1 N–H and O–H groups in total.